The Morgan fingerprint density at radius 1 is 1.12 bits per heavy atom. The Kier molecular flexibility index (Phi) is 6.83. The maximum Gasteiger partial charge on any atom is 0.308 e. The second kappa shape index (κ2) is 8.86. The number of carbonyl (C=O) groups excluding carboxylic acids is 1. The predicted molar refractivity (Wildman–Crippen MR) is 94.6 cm³/mol. The van der Waals surface area contributed by atoms with Gasteiger partial charge in [0.1, 0.15) is 0 Å². The summed E-state index contributed by atoms with van der Waals surface area (Å²) < 4.78 is 0. The van der Waals surface area contributed by atoms with Gasteiger partial charge < -0.3 is 10.4 Å². The molecule has 1 aliphatic carbocycles. The van der Waals surface area contributed by atoms with Crippen LogP contribution in [0.25, 0.3) is 0 Å². The first kappa shape index (κ1) is 18.5. The highest BCUT2D eigenvalue weighted by molar-refractivity contribution is 5.79. The van der Waals surface area contributed by atoms with E-state index in [0.29, 0.717) is 12.3 Å². The third kappa shape index (κ3) is 5.36. The monoisotopic (exact) mass is 331 g/mol. The molecule has 1 fully saturated rings. The Morgan fingerprint density at radius 2 is 1.75 bits per heavy atom. The molecule has 0 bridgehead atoms. The normalized spacial score (nSPS) is 22.1. The largest absolute Gasteiger partial charge is 0.481 e. The molecule has 1 atom stereocenters. The van der Waals surface area contributed by atoms with E-state index in [1.807, 2.05) is 30.3 Å². The molecule has 2 rings (SSSR count). The molecule has 132 valence electrons. The smallest absolute Gasteiger partial charge is 0.308 e. The first-order chi connectivity index (χ1) is 11.5. The molecule has 24 heavy (non-hydrogen) atoms. The zero-order chi connectivity index (χ0) is 17.5. The minimum absolute atomic E-state index is 0.0246. The lowest BCUT2D eigenvalue weighted by atomic mass is 9.76. The molecule has 0 aliphatic heterocycles. The molecule has 1 aromatic carbocycles. The topological polar surface area (TPSA) is 66.4 Å². The van der Waals surface area contributed by atoms with Crippen molar-refractivity contribution in [3.63, 3.8) is 0 Å². The number of carbonyl (C=O) groups is 2. The Bertz CT molecular complexity index is 533. The minimum atomic E-state index is -0.859. The van der Waals surface area contributed by atoms with Crippen molar-refractivity contribution in [3.05, 3.63) is 35.9 Å². The van der Waals surface area contributed by atoms with Crippen molar-refractivity contribution in [1.29, 1.82) is 0 Å². The number of rotatable bonds is 7. The van der Waals surface area contributed by atoms with Gasteiger partial charge in [-0.2, -0.15) is 0 Å². The summed E-state index contributed by atoms with van der Waals surface area (Å²) in [4.78, 5) is 23.8. The third-order valence-electron chi connectivity index (χ3n) is 5.28. The molecular formula is C20H29NO3. The van der Waals surface area contributed by atoms with E-state index < -0.39 is 11.9 Å². The molecule has 0 heterocycles. The van der Waals surface area contributed by atoms with Crippen LogP contribution in [0.5, 0.6) is 0 Å². The Labute approximate surface area is 144 Å². The summed E-state index contributed by atoms with van der Waals surface area (Å²) in [7, 11) is 0. The van der Waals surface area contributed by atoms with Crippen LogP contribution >= 0.6 is 0 Å². The van der Waals surface area contributed by atoms with E-state index in [-0.39, 0.29) is 18.4 Å². The number of hydrogen-bond acceptors (Lipinski definition) is 2. The summed E-state index contributed by atoms with van der Waals surface area (Å²) in [5, 5.41) is 12.3. The van der Waals surface area contributed by atoms with Gasteiger partial charge in [-0.1, -0.05) is 44.2 Å². The summed E-state index contributed by atoms with van der Waals surface area (Å²) in [5.74, 6) is 0.0314. The summed E-state index contributed by atoms with van der Waals surface area (Å²) in [6.07, 6.45) is 4.48. The summed E-state index contributed by atoms with van der Waals surface area (Å²) in [5.41, 5.74) is 0.983. The second-order valence-corrected chi connectivity index (χ2v) is 7.33. The van der Waals surface area contributed by atoms with Gasteiger partial charge in [0.2, 0.25) is 5.91 Å². The number of nitrogens with one attached hydrogen (secondary N) is 1. The Morgan fingerprint density at radius 3 is 2.29 bits per heavy atom. The highest BCUT2D eigenvalue weighted by Crippen LogP contribution is 2.33. The van der Waals surface area contributed by atoms with Gasteiger partial charge >= 0.3 is 5.97 Å². The van der Waals surface area contributed by atoms with Crippen molar-refractivity contribution in [3.8, 4) is 0 Å². The van der Waals surface area contributed by atoms with Gasteiger partial charge in [-0.05, 0) is 49.5 Å². The van der Waals surface area contributed by atoms with Crippen LogP contribution in [-0.4, -0.2) is 23.5 Å². The zero-order valence-electron chi connectivity index (χ0n) is 14.7. The molecule has 2 N–H and O–H groups in total. The maximum atomic E-state index is 12.4. The summed E-state index contributed by atoms with van der Waals surface area (Å²) >= 11 is 0. The molecule has 1 aliphatic rings. The quantitative estimate of drug-likeness (QED) is 0.803. The number of benzene rings is 1. The van der Waals surface area contributed by atoms with Gasteiger partial charge in [-0.3, -0.25) is 9.59 Å². The fourth-order valence-electron chi connectivity index (χ4n) is 3.56. The van der Waals surface area contributed by atoms with Crippen LogP contribution in [0, 0.1) is 23.7 Å². The van der Waals surface area contributed by atoms with Crippen molar-refractivity contribution in [2.75, 3.05) is 6.54 Å². The molecule has 4 nitrogen and oxygen atoms in total. The van der Waals surface area contributed by atoms with Crippen molar-refractivity contribution in [1.82, 2.24) is 5.32 Å². The number of aliphatic carboxylic acids is 1. The van der Waals surface area contributed by atoms with E-state index in [4.69, 9.17) is 0 Å². The Balaban J connectivity index is 1.81. The fraction of sp³-hybridized carbons (Fsp3) is 0.600. The van der Waals surface area contributed by atoms with Crippen LogP contribution in [0.4, 0.5) is 0 Å². The van der Waals surface area contributed by atoms with Gasteiger partial charge in [-0.25, -0.2) is 0 Å². The van der Waals surface area contributed by atoms with E-state index in [1.54, 1.807) is 0 Å². The zero-order valence-corrected chi connectivity index (χ0v) is 14.7. The lowest BCUT2D eigenvalue weighted by molar-refractivity contribution is -0.141. The molecular weight excluding hydrogens is 302 g/mol. The highest BCUT2D eigenvalue weighted by Gasteiger charge is 2.28. The molecule has 0 aromatic heterocycles. The van der Waals surface area contributed by atoms with E-state index in [2.05, 4.69) is 19.2 Å². The van der Waals surface area contributed by atoms with Gasteiger partial charge in [0.05, 0.1) is 5.92 Å². The van der Waals surface area contributed by atoms with Crippen molar-refractivity contribution >= 4 is 11.9 Å². The Hall–Kier alpha value is -1.84. The van der Waals surface area contributed by atoms with Crippen molar-refractivity contribution in [2.24, 2.45) is 23.7 Å². The van der Waals surface area contributed by atoms with E-state index in [1.165, 1.54) is 0 Å². The summed E-state index contributed by atoms with van der Waals surface area (Å²) in [6, 6.07) is 9.56. The number of amides is 1. The predicted octanol–water partition coefficient (Wildman–Crippen LogP) is 3.51. The van der Waals surface area contributed by atoms with E-state index in [9.17, 15) is 14.7 Å². The van der Waals surface area contributed by atoms with Crippen LogP contribution in [0.3, 0.4) is 0 Å². The van der Waals surface area contributed by atoms with Gasteiger partial charge in [-0.15, -0.1) is 0 Å². The average molecular weight is 331 g/mol. The number of hydrogen-bond donors (Lipinski definition) is 2. The molecule has 0 spiro atoms. The third-order valence-corrected chi connectivity index (χ3v) is 5.28. The summed E-state index contributed by atoms with van der Waals surface area (Å²) in [6.45, 7) is 4.69. The van der Waals surface area contributed by atoms with Crippen molar-refractivity contribution < 1.29 is 14.7 Å². The van der Waals surface area contributed by atoms with Gasteiger partial charge in [0, 0.05) is 12.5 Å². The molecule has 1 aromatic rings. The number of carboxylic acid groups (broad SMARTS) is 1. The van der Waals surface area contributed by atoms with Crippen LogP contribution in [0.1, 0.15) is 45.1 Å². The van der Waals surface area contributed by atoms with Crippen LogP contribution < -0.4 is 5.32 Å². The first-order valence-electron chi connectivity index (χ1n) is 9.01. The molecule has 0 saturated heterocycles. The molecule has 4 heteroatoms. The molecule has 0 unspecified atom stereocenters. The molecule has 1 amide bonds. The van der Waals surface area contributed by atoms with Crippen LogP contribution in [0.15, 0.2) is 30.3 Å². The van der Waals surface area contributed by atoms with E-state index in [0.717, 1.165) is 37.2 Å². The maximum absolute atomic E-state index is 12.4. The van der Waals surface area contributed by atoms with Crippen LogP contribution in [-0.2, 0) is 16.0 Å². The molecule has 0 radical (unpaired) electrons. The van der Waals surface area contributed by atoms with Crippen molar-refractivity contribution in [2.45, 2.75) is 46.0 Å². The van der Waals surface area contributed by atoms with Gasteiger partial charge in [0.25, 0.3) is 0 Å². The second-order valence-electron chi connectivity index (χ2n) is 7.33. The molecule has 1 saturated carbocycles. The lowest BCUT2D eigenvalue weighted by Gasteiger charge is -2.30. The minimum Gasteiger partial charge on any atom is -0.481 e. The van der Waals surface area contributed by atoms with Crippen LogP contribution in [0.2, 0.25) is 0 Å². The highest BCUT2D eigenvalue weighted by atomic mass is 16.4. The van der Waals surface area contributed by atoms with E-state index >= 15 is 0 Å². The first-order valence-corrected chi connectivity index (χ1v) is 9.01. The SMILES string of the molecule is CC(C)C1CCC(C(=O)NC[C@H](Cc2ccccc2)C(=O)O)CC1. The fourth-order valence-corrected chi connectivity index (χ4v) is 3.56. The standard InChI is InChI=1S/C20H29NO3/c1-14(2)16-8-10-17(11-9-16)19(22)21-13-18(20(23)24)12-15-6-4-3-5-7-15/h3-7,14,16-18H,8-13H2,1-2H3,(H,21,22)(H,23,24)/t16?,17?,18-/m0/s1. The average Bonchev–Trinajstić information content (AvgIpc) is 2.59. The van der Waals surface area contributed by atoms with Gasteiger partial charge in [0.15, 0.2) is 0 Å². The lowest BCUT2D eigenvalue weighted by Crippen LogP contribution is -2.39. The number of carboxylic acids is 1.